The Kier molecular flexibility index (Phi) is 5.08. The molecule has 0 radical (unpaired) electrons. The highest BCUT2D eigenvalue weighted by Gasteiger charge is 2.18. The molecule has 0 aliphatic carbocycles. The van der Waals surface area contributed by atoms with Gasteiger partial charge in [-0.05, 0) is 13.2 Å². The first-order chi connectivity index (χ1) is 7.58. The van der Waals surface area contributed by atoms with Crippen molar-refractivity contribution in [2.75, 3.05) is 18.2 Å². The van der Waals surface area contributed by atoms with Gasteiger partial charge in [0.2, 0.25) is 0 Å². The maximum atomic E-state index is 9.14. The van der Waals surface area contributed by atoms with E-state index in [2.05, 4.69) is 15.5 Å². The average molecular weight is 245 g/mol. The van der Waals surface area contributed by atoms with Crippen LogP contribution in [0.25, 0.3) is 0 Å². The van der Waals surface area contributed by atoms with Gasteiger partial charge in [-0.1, -0.05) is 19.0 Å². The van der Waals surface area contributed by atoms with Crippen LogP contribution in [0, 0.1) is 0 Å². The van der Waals surface area contributed by atoms with E-state index in [4.69, 9.17) is 9.63 Å². The summed E-state index contributed by atoms with van der Waals surface area (Å²) in [7, 11) is 0. The first-order valence-corrected chi connectivity index (χ1v) is 6.61. The van der Waals surface area contributed by atoms with Gasteiger partial charge in [-0.25, -0.2) is 0 Å². The summed E-state index contributed by atoms with van der Waals surface area (Å²) in [6.07, 6.45) is 1.96. The second-order valence-corrected chi connectivity index (χ2v) is 5.08. The van der Waals surface area contributed by atoms with Crippen LogP contribution in [0.15, 0.2) is 4.52 Å². The number of nitrogens with one attached hydrogen (secondary N) is 1. The van der Waals surface area contributed by atoms with Crippen molar-refractivity contribution in [2.24, 2.45) is 0 Å². The van der Waals surface area contributed by atoms with E-state index in [1.807, 2.05) is 27.0 Å². The lowest BCUT2D eigenvalue weighted by molar-refractivity contribution is 0.287. The molecule has 0 spiro atoms. The second kappa shape index (κ2) is 6.10. The molecule has 0 aliphatic rings. The Morgan fingerprint density at radius 1 is 1.44 bits per heavy atom. The molecule has 0 fully saturated rings. The predicted molar refractivity (Wildman–Crippen MR) is 65.9 cm³/mol. The summed E-state index contributed by atoms with van der Waals surface area (Å²) in [5.74, 6) is 0.947. The number of aromatic nitrogens is 2. The SMILES string of the molecule is CSC(CO)C(C)Nc1nc(C(C)C)no1. The minimum Gasteiger partial charge on any atom is -0.395 e. The Balaban J connectivity index is 2.58. The van der Waals surface area contributed by atoms with E-state index in [-0.39, 0.29) is 23.8 Å². The van der Waals surface area contributed by atoms with Crippen molar-refractivity contribution in [3.05, 3.63) is 5.82 Å². The number of nitrogens with zero attached hydrogens (tertiary/aromatic N) is 2. The Bertz CT molecular complexity index is 313. The summed E-state index contributed by atoms with van der Waals surface area (Å²) < 4.78 is 5.07. The summed E-state index contributed by atoms with van der Waals surface area (Å²) in [5.41, 5.74) is 0. The van der Waals surface area contributed by atoms with Crippen molar-refractivity contribution in [3.8, 4) is 0 Å². The molecule has 1 aromatic rings. The highest BCUT2D eigenvalue weighted by molar-refractivity contribution is 7.99. The van der Waals surface area contributed by atoms with E-state index < -0.39 is 0 Å². The normalized spacial score (nSPS) is 15.1. The molecular weight excluding hydrogens is 226 g/mol. The first-order valence-electron chi connectivity index (χ1n) is 5.32. The fourth-order valence-electron chi connectivity index (χ4n) is 1.25. The predicted octanol–water partition coefficient (Wildman–Crippen LogP) is 1.72. The molecule has 1 heterocycles. The minimum atomic E-state index is 0.0838. The average Bonchev–Trinajstić information content (AvgIpc) is 2.68. The van der Waals surface area contributed by atoms with Crippen LogP contribution in [-0.4, -0.2) is 39.4 Å². The van der Waals surface area contributed by atoms with Crippen molar-refractivity contribution < 1.29 is 9.63 Å². The summed E-state index contributed by atoms with van der Waals surface area (Å²) in [5, 5.41) is 16.2. The Morgan fingerprint density at radius 3 is 2.56 bits per heavy atom. The smallest absolute Gasteiger partial charge is 0.321 e. The molecule has 2 atom stereocenters. The fraction of sp³-hybridized carbons (Fsp3) is 0.800. The van der Waals surface area contributed by atoms with E-state index in [9.17, 15) is 0 Å². The van der Waals surface area contributed by atoms with Crippen LogP contribution in [0.3, 0.4) is 0 Å². The number of hydrogen-bond donors (Lipinski definition) is 2. The van der Waals surface area contributed by atoms with Crippen molar-refractivity contribution in [1.29, 1.82) is 0 Å². The van der Waals surface area contributed by atoms with Crippen LogP contribution < -0.4 is 5.32 Å². The number of hydrogen-bond acceptors (Lipinski definition) is 6. The molecule has 0 saturated carbocycles. The van der Waals surface area contributed by atoms with Gasteiger partial charge < -0.3 is 14.9 Å². The molecule has 0 aliphatic heterocycles. The van der Waals surface area contributed by atoms with E-state index in [1.165, 1.54) is 0 Å². The van der Waals surface area contributed by atoms with E-state index in [0.29, 0.717) is 11.8 Å². The van der Waals surface area contributed by atoms with Crippen molar-refractivity contribution in [3.63, 3.8) is 0 Å². The fourth-order valence-corrected chi connectivity index (χ4v) is 1.88. The zero-order valence-corrected chi connectivity index (χ0v) is 10.9. The molecular formula is C10H19N3O2S. The highest BCUT2D eigenvalue weighted by atomic mass is 32.2. The summed E-state index contributed by atoms with van der Waals surface area (Å²) in [6, 6.07) is 0.504. The molecule has 0 bridgehead atoms. The molecule has 1 rings (SSSR count). The molecule has 5 nitrogen and oxygen atoms in total. The minimum absolute atomic E-state index is 0.0838. The Hall–Kier alpha value is -0.750. The van der Waals surface area contributed by atoms with Crippen LogP contribution in [0.5, 0.6) is 0 Å². The van der Waals surface area contributed by atoms with Gasteiger partial charge in [0.05, 0.1) is 6.61 Å². The molecule has 2 unspecified atom stereocenters. The molecule has 0 amide bonds. The molecule has 92 valence electrons. The van der Waals surface area contributed by atoms with Gasteiger partial charge in [0.25, 0.3) is 0 Å². The summed E-state index contributed by atoms with van der Waals surface area (Å²) in [6.45, 7) is 6.13. The van der Waals surface area contributed by atoms with E-state index in [1.54, 1.807) is 11.8 Å². The topological polar surface area (TPSA) is 71.2 Å². The van der Waals surface area contributed by atoms with Gasteiger partial charge in [-0.2, -0.15) is 16.7 Å². The van der Waals surface area contributed by atoms with Gasteiger partial charge >= 0.3 is 6.01 Å². The van der Waals surface area contributed by atoms with Gasteiger partial charge in [0, 0.05) is 17.2 Å². The van der Waals surface area contributed by atoms with Crippen LogP contribution in [0.2, 0.25) is 0 Å². The number of aliphatic hydroxyl groups excluding tert-OH is 1. The lowest BCUT2D eigenvalue weighted by atomic mass is 10.2. The largest absolute Gasteiger partial charge is 0.395 e. The summed E-state index contributed by atoms with van der Waals surface area (Å²) >= 11 is 1.61. The van der Waals surface area contributed by atoms with Gasteiger partial charge in [0.1, 0.15) is 0 Å². The number of aliphatic hydroxyl groups is 1. The lowest BCUT2D eigenvalue weighted by Gasteiger charge is -2.19. The van der Waals surface area contributed by atoms with Gasteiger partial charge in [-0.3, -0.25) is 0 Å². The van der Waals surface area contributed by atoms with E-state index in [0.717, 1.165) is 0 Å². The number of thioether (sulfide) groups is 1. The standard InChI is InChI=1S/C10H19N3O2S/c1-6(2)9-12-10(15-13-9)11-7(3)8(5-14)16-4/h6-8,14H,5H2,1-4H3,(H,11,12,13). The number of anilines is 1. The molecule has 0 aromatic carbocycles. The van der Waals surface area contributed by atoms with Crippen molar-refractivity contribution in [2.45, 2.75) is 38.0 Å². The van der Waals surface area contributed by atoms with Crippen molar-refractivity contribution in [1.82, 2.24) is 10.1 Å². The van der Waals surface area contributed by atoms with Crippen molar-refractivity contribution >= 4 is 17.8 Å². The third-order valence-corrected chi connectivity index (χ3v) is 3.51. The molecule has 0 saturated heterocycles. The maximum Gasteiger partial charge on any atom is 0.321 e. The maximum absolute atomic E-state index is 9.14. The van der Waals surface area contributed by atoms with Crippen LogP contribution in [0.1, 0.15) is 32.5 Å². The van der Waals surface area contributed by atoms with Gasteiger partial charge in [-0.15, -0.1) is 0 Å². The third kappa shape index (κ3) is 3.38. The van der Waals surface area contributed by atoms with Gasteiger partial charge in [0.15, 0.2) is 5.82 Å². The lowest BCUT2D eigenvalue weighted by Crippen LogP contribution is -2.31. The summed E-state index contributed by atoms with van der Waals surface area (Å²) in [4.78, 5) is 4.22. The van der Waals surface area contributed by atoms with Crippen LogP contribution in [0.4, 0.5) is 6.01 Å². The molecule has 16 heavy (non-hydrogen) atoms. The van der Waals surface area contributed by atoms with Crippen LogP contribution in [-0.2, 0) is 0 Å². The quantitative estimate of drug-likeness (QED) is 0.795. The highest BCUT2D eigenvalue weighted by Crippen LogP contribution is 2.17. The molecule has 1 aromatic heterocycles. The monoisotopic (exact) mass is 245 g/mol. The molecule has 6 heteroatoms. The van der Waals surface area contributed by atoms with Crippen LogP contribution >= 0.6 is 11.8 Å². The third-order valence-electron chi connectivity index (χ3n) is 2.35. The Morgan fingerprint density at radius 2 is 2.12 bits per heavy atom. The second-order valence-electron chi connectivity index (χ2n) is 4.00. The van der Waals surface area contributed by atoms with E-state index >= 15 is 0 Å². The molecule has 2 N–H and O–H groups in total. The zero-order chi connectivity index (χ0) is 12.1. The first kappa shape index (κ1) is 13.3. The Labute approximate surface area is 100 Å². The number of rotatable bonds is 6. The zero-order valence-electron chi connectivity index (χ0n) is 10.1.